The van der Waals surface area contributed by atoms with Gasteiger partial charge in [-0.15, -0.1) is 0 Å². The zero-order valence-corrected chi connectivity index (χ0v) is 14.3. The largest absolute Gasteiger partial charge is 0.507 e. The molecule has 2 aromatic rings. The highest BCUT2D eigenvalue weighted by Crippen LogP contribution is 2.41. The van der Waals surface area contributed by atoms with E-state index in [0.717, 1.165) is 18.9 Å². The molecule has 1 aliphatic carbocycles. The van der Waals surface area contributed by atoms with Crippen molar-refractivity contribution in [2.75, 3.05) is 18.0 Å². The Bertz CT molecular complexity index is 967. The first kappa shape index (κ1) is 16.7. The van der Waals surface area contributed by atoms with E-state index in [1.165, 1.54) is 6.07 Å². The predicted octanol–water partition coefficient (Wildman–Crippen LogP) is 2.34. The maximum absolute atomic E-state index is 14.9. The van der Waals surface area contributed by atoms with Crippen molar-refractivity contribution in [2.45, 2.75) is 38.3 Å². The summed E-state index contributed by atoms with van der Waals surface area (Å²) in [4.78, 5) is 25.0. The molecule has 26 heavy (non-hydrogen) atoms. The van der Waals surface area contributed by atoms with E-state index in [1.54, 1.807) is 16.4 Å². The molecule has 138 valence electrons. The second-order valence-corrected chi connectivity index (χ2v) is 7.08. The molecule has 2 heterocycles. The zero-order valence-electron chi connectivity index (χ0n) is 14.3. The molecule has 1 aromatic carbocycles. The summed E-state index contributed by atoms with van der Waals surface area (Å²) in [7, 11) is 0. The fourth-order valence-corrected chi connectivity index (χ4v) is 3.98. The minimum atomic E-state index is -1.10. The molecule has 1 unspecified atom stereocenters. The number of amides is 1. The van der Waals surface area contributed by atoms with Crippen molar-refractivity contribution in [2.24, 2.45) is 0 Å². The van der Waals surface area contributed by atoms with Crippen LogP contribution in [-0.4, -0.2) is 40.0 Å². The van der Waals surface area contributed by atoms with E-state index < -0.39 is 11.9 Å². The second-order valence-electron chi connectivity index (χ2n) is 7.08. The lowest BCUT2D eigenvalue weighted by Gasteiger charge is -2.24. The van der Waals surface area contributed by atoms with Gasteiger partial charge in [-0.1, -0.05) is 0 Å². The van der Waals surface area contributed by atoms with Crippen LogP contribution in [0.1, 0.15) is 30.9 Å². The molecule has 1 amide bonds. The van der Waals surface area contributed by atoms with Crippen molar-refractivity contribution in [1.82, 2.24) is 9.88 Å². The van der Waals surface area contributed by atoms with E-state index >= 15 is 0 Å². The molecule has 0 spiro atoms. The fraction of sp³-hybridized carbons (Fsp3) is 0.444. The van der Waals surface area contributed by atoms with Crippen molar-refractivity contribution in [3.05, 3.63) is 33.9 Å². The monoisotopic (exact) mass is 361 g/mol. The Labute approximate surface area is 148 Å². The van der Waals surface area contributed by atoms with E-state index in [2.05, 4.69) is 5.32 Å². The molecule has 0 radical (unpaired) electrons. The maximum atomic E-state index is 14.9. The minimum Gasteiger partial charge on any atom is -0.507 e. The molecule has 4 rings (SSSR count). The van der Waals surface area contributed by atoms with E-state index in [9.17, 15) is 19.1 Å². The highest BCUT2D eigenvalue weighted by Gasteiger charge is 2.31. The van der Waals surface area contributed by atoms with Crippen molar-refractivity contribution in [3.63, 3.8) is 0 Å². The molecule has 1 saturated carbocycles. The number of carbonyl (C=O) groups is 1. The van der Waals surface area contributed by atoms with Gasteiger partial charge in [0.1, 0.15) is 11.6 Å². The summed E-state index contributed by atoms with van der Waals surface area (Å²) in [5.74, 6) is -0.704. The van der Waals surface area contributed by atoms with Crippen LogP contribution < -0.4 is 15.8 Å². The van der Waals surface area contributed by atoms with Crippen molar-refractivity contribution in [3.8, 4) is 5.75 Å². The number of anilines is 1. The number of benzene rings is 1. The van der Waals surface area contributed by atoms with Crippen molar-refractivity contribution < 1.29 is 19.4 Å². The first-order valence-corrected chi connectivity index (χ1v) is 8.68. The van der Waals surface area contributed by atoms with Gasteiger partial charge < -0.3 is 25.0 Å². The van der Waals surface area contributed by atoms with Crippen LogP contribution in [0.2, 0.25) is 0 Å². The molecular weight excluding hydrogens is 341 g/mol. The van der Waals surface area contributed by atoms with E-state index in [1.807, 2.05) is 0 Å². The number of nitrogens with one attached hydrogen (secondary N) is 1. The number of rotatable bonds is 3. The summed E-state index contributed by atoms with van der Waals surface area (Å²) in [5, 5.41) is 21.8. The second kappa shape index (κ2) is 5.89. The maximum Gasteiger partial charge on any atom is 0.404 e. The van der Waals surface area contributed by atoms with Gasteiger partial charge in [0, 0.05) is 30.6 Å². The molecule has 2 fully saturated rings. The van der Waals surface area contributed by atoms with Gasteiger partial charge in [-0.3, -0.25) is 4.79 Å². The molecule has 3 N–H and O–H groups in total. The zero-order chi connectivity index (χ0) is 18.6. The molecule has 8 heteroatoms. The smallest absolute Gasteiger partial charge is 0.404 e. The van der Waals surface area contributed by atoms with Gasteiger partial charge in [0.2, 0.25) is 0 Å². The minimum absolute atomic E-state index is 0.0858. The molecule has 1 saturated heterocycles. The third-order valence-corrected chi connectivity index (χ3v) is 5.22. The van der Waals surface area contributed by atoms with Gasteiger partial charge >= 0.3 is 6.09 Å². The Hall–Kier alpha value is -2.77. The summed E-state index contributed by atoms with van der Waals surface area (Å²) < 4.78 is 16.5. The number of halogens is 1. The first-order valence-electron chi connectivity index (χ1n) is 8.68. The summed E-state index contributed by atoms with van der Waals surface area (Å²) in [5.41, 5.74) is 1.23. The van der Waals surface area contributed by atoms with Crippen LogP contribution in [0, 0.1) is 12.7 Å². The number of pyridine rings is 1. The molecule has 7 nitrogen and oxygen atoms in total. The van der Waals surface area contributed by atoms with E-state index in [4.69, 9.17) is 5.11 Å². The number of nitrogens with zero attached hydrogens (tertiary/aromatic N) is 2. The lowest BCUT2D eigenvalue weighted by molar-refractivity contribution is 0.191. The lowest BCUT2D eigenvalue weighted by atomic mass is 10.1. The average molecular weight is 361 g/mol. The van der Waals surface area contributed by atoms with Gasteiger partial charge in [0.05, 0.1) is 17.2 Å². The van der Waals surface area contributed by atoms with Crippen LogP contribution >= 0.6 is 0 Å². The molecule has 1 aliphatic heterocycles. The van der Waals surface area contributed by atoms with Crippen LogP contribution in [0.15, 0.2) is 16.9 Å². The van der Waals surface area contributed by atoms with Crippen molar-refractivity contribution >= 4 is 22.7 Å². The lowest BCUT2D eigenvalue weighted by Crippen LogP contribution is -2.36. The third kappa shape index (κ3) is 2.65. The summed E-state index contributed by atoms with van der Waals surface area (Å²) in [6, 6.07) is 2.23. The predicted molar refractivity (Wildman–Crippen MR) is 94.6 cm³/mol. The molecule has 0 bridgehead atoms. The van der Waals surface area contributed by atoms with E-state index in [0.29, 0.717) is 41.7 Å². The molecule has 2 aliphatic rings. The Kier molecular flexibility index (Phi) is 3.78. The Morgan fingerprint density at radius 3 is 2.69 bits per heavy atom. The van der Waals surface area contributed by atoms with E-state index in [-0.39, 0.29) is 23.4 Å². The standard InChI is InChI=1S/C18H20FN3O4/c1-9-16-12(14(23)7-15(24)22(16)11-2-3-11)6-13(19)17(9)21-5-4-10(8-21)20-18(25)26/h6-7,10-11,20,23H,2-5,8H2,1H3,(H,25,26). The van der Waals surface area contributed by atoms with Gasteiger partial charge in [0.15, 0.2) is 0 Å². The highest BCUT2D eigenvalue weighted by atomic mass is 19.1. The fourth-order valence-electron chi connectivity index (χ4n) is 3.98. The number of aromatic hydroxyl groups is 1. The Balaban J connectivity index is 1.85. The van der Waals surface area contributed by atoms with Gasteiger partial charge in [-0.05, 0) is 37.8 Å². The number of aryl methyl sites for hydroxylation is 1. The number of aromatic nitrogens is 1. The van der Waals surface area contributed by atoms with Gasteiger partial charge in [-0.2, -0.15) is 0 Å². The average Bonchev–Trinajstić information content (AvgIpc) is 3.28. The Morgan fingerprint density at radius 1 is 1.31 bits per heavy atom. The topological polar surface area (TPSA) is 94.8 Å². The number of fused-ring (bicyclic) bond motifs is 1. The summed E-state index contributed by atoms with van der Waals surface area (Å²) in [6.07, 6.45) is 1.26. The number of carboxylic acid groups (broad SMARTS) is 1. The summed E-state index contributed by atoms with van der Waals surface area (Å²) in [6.45, 7) is 2.62. The first-order chi connectivity index (χ1) is 12.4. The van der Waals surface area contributed by atoms with Gasteiger partial charge in [0.25, 0.3) is 5.56 Å². The van der Waals surface area contributed by atoms with Crippen LogP contribution in [0.25, 0.3) is 10.9 Å². The number of hydrogen-bond acceptors (Lipinski definition) is 4. The molecule has 1 aromatic heterocycles. The third-order valence-electron chi connectivity index (χ3n) is 5.22. The molecule has 1 atom stereocenters. The van der Waals surface area contributed by atoms with Crippen LogP contribution in [0.3, 0.4) is 0 Å². The van der Waals surface area contributed by atoms with Gasteiger partial charge in [-0.25, -0.2) is 9.18 Å². The van der Waals surface area contributed by atoms with Crippen LogP contribution in [-0.2, 0) is 0 Å². The number of hydrogen-bond donors (Lipinski definition) is 3. The normalized spacial score (nSPS) is 19.9. The van der Waals surface area contributed by atoms with Crippen LogP contribution in [0.4, 0.5) is 14.9 Å². The SMILES string of the molecule is Cc1c(N2CCC(NC(=O)O)C2)c(F)cc2c(O)cc(=O)n(C3CC3)c12. The van der Waals surface area contributed by atoms with Crippen molar-refractivity contribution in [1.29, 1.82) is 0 Å². The highest BCUT2D eigenvalue weighted by molar-refractivity contribution is 5.92. The quantitative estimate of drug-likeness (QED) is 0.780. The van der Waals surface area contributed by atoms with Crippen LogP contribution in [0.5, 0.6) is 5.75 Å². The Morgan fingerprint density at radius 2 is 2.04 bits per heavy atom. The molecular formula is C18H20FN3O4. The summed E-state index contributed by atoms with van der Waals surface area (Å²) >= 11 is 0.